The van der Waals surface area contributed by atoms with Crippen molar-refractivity contribution in [3.63, 3.8) is 0 Å². The molecule has 4 fully saturated rings. The third-order valence-electron chi connectivity index (χ3n) is 9.62. The molecule has 246 valence electrons. The molecule has 0 amide bonds. The number of anilines is 1. The number of methoxy groups -OCH3 is 1. The maximum atomic E-state index is 16.4. The molecule has 4 aliphatic rings. The van der Waals surface area contributed by atoms with Gasteiger partial charge in [-0.1, -0.05) is 0 Å². The van der Waals surface area contributed by atoms with Gasteiger partial charge in [-0.15, -0.1) is 0 Å². The Bertz CT molecular complexity index is 1760. The molecule has 0 spiro atoms. The Morgan fingerprint density at radius 3 is 2.46 bits per heavy atom. The van der Waals surface area contributed by atoms with Gasteiger partial charge in [0.2, 0.25) is 0 Å². The van der Waals surface area contributed by atoms with Gasteiger partial charge >= 0.3 is 12.6 Å². The molecule has 14 heteroatoms. The second-order valence-corrected chi connectivity index (χ2v) is 12.7. The van der Waals surface area contributed by atoms with Gasteiger partial charge in [-0.05, 0) is 70.2 Å². The molecule has 2 aromatic carbocycles. The van der Waals surface area contributed by atoms with Gasteiger partial charge in [-0.25, -0.2) is 13.2 Å². The van der Waals surface area contributed by atoms with Gasteiger partial charge in [0.1, 0.15) is 29.1 Å². The van der Waals surface area contributed by atoms with Gasteiger partial charge in [-0.2, -0.15) is 23.8 Å². The van der Waals surface area contributed by atoms with Gasteiger partial charge in [0.25, 0.3) is 0 Å². The molecule has 4 unspecified atom stereocenters. The summed E-state index contributed by atoms with van der Waals surface area (Å²) in [5.41, 5.74) is 0.197. The number of benzene rings is 2. The number of aromatic nitrogens is 4. The van der Waals surface area contributed by atoms with Gasteiger partial charge in [-0.3, -0.25) is 10.00 Å². The number of rotatable bonds is 5. The van der Waals surface area contributed by atoms with E-state index in [-0.39, 0.29) is 51.3 Å². The van der Waals surface area contributed by atoms with E-state index in [1.165, 1.54) is 32.9 Å². The van der Waals surface area contributed by atoms with Crippen molar-refractivity contribution in [2.24, 2.45) is 0 Å². The fourth-order valence-electron chi connectivity index (χ4n) is 7.65. The molecular weight excluding hydrogens is 609 g/mol. The second-order valence-electron chi connectivity index (χ2n) is 12.7. The number of fused-ring (bicyclic) bond motifs is 5. The van der Waals surface area contributed by atoms with E-state index in [4.69, 9.17) is 9.47 Å². The first-order valence-electron chi connectivity index (χ1n) is 15.7. The van der Waals surface area contributed by atoms with Crippen LogP contribution in [0.5, 0.6) is 11.8 Å². The third kappa shape index (κ3) is 5.48. The van der Waals surface area contributed by atoms with Crippen LogP contribution in [0, 0.1) is 25.5 Å². The lowest BCUT2D eigenvalue weighted by atomic mass is 9.94. The van der Waals surface area contributed by atoms with Gasteiger partial charge in [0.05, 0.1) is 18.2 Å². The van der Waals surface area contributed by atoms with Crippen LogP contribution in [0.1, 0.15) is 43.4 Å². The van der Waals surface area contributed by atoms with Crippen molar-refractivity contribution in [2.45, 2.75) is 76.9 Å². The van der Waals surface area contributed by atoms with Crippen LogP contribution < -0.4 is 19.7 Å². The first-order chi connectivity index (χ1) is 22.1. The average Bonchev–Trinajstić information content (AvgIpc) is 3.78. The molecule has 4 aromatic rings. The van der Waals surface area contributed by atoms with E-state index < -0.39 is 30.0 Å². The van der Waals surface area contributed by atoms with Crippen LogP contribution in [0.2, 0.25) is 0 Å². The van der Waals surface area contributed by atoms with Crippen LogP contribution in [-0.2, 0) is 0 Å². The van der Waals surface area contributed by atoms with E-state index in [0.29, 0.717) is 42.7 Å². The summed E-state index contributed by atoms with van der Waals surface area (Å²) in [6.45, 7) is 3.05. The van der Waals surface area contributed by atoms with Crippen LogP contribution in [0.3, 0.4) is 0 Å². The van der Waals surface area contributed by atoms with Crippen molar-refractivity contribution in [1.82, 2.24) is 30.4 Å². The number of ether oxygens (including phenoxy) is 2. The highest BCUT2D eigenvalue weighted by molar-refractivity contribution is 6.03. The first kappa shape index (κ1) is 30.9. The van der Waals surface area contributed by atoms with Gasteiger partial charge in [0, 0.05) is 59.8 Å². The monoisotopic (exact) mass is 645 g/mol. The fourth-order valence-corrected chi connectivity index (χ4v) is 7.65. The lowest BCUT2D eigenvalue weighted by Gasteiger charge is -2.34. The molecule has 6 heterocycles. The number of halogens is 5. The lowest BCUT2D eigenvalue weighted by Crippen LogP contribution is -2.51. The van der Waals surface area contributed by atoms with Crippen molar-refractivity contribution < 1.29 is 31.4 Å². The lowest BCUT2D eigenvalue weighted by molar-refractivity contribution is -0.0498. The summed E-state index contributed by atoms with van der Waals surface area (Å²) < 4.78 is 81.8. The molecule has 0 saturated carbocycles. The zero-order valence-electron chi connectivity index (χ0n) is 25.8. The van der Waals surface area contributed by atoms with Gasteiger partial charge in [0.15, 0.2) is 5.82 Å². The van der Waals surface area contributed by atoms with Crippen molar-refractivity contribution in [3.8, 4) is 22.9 Å². The predicted octanol–water partition coefficient (Wildman–Crippen LogP) is 5.81. The van der Waals surface area contributed by atoms with E-state index in [1.807, 2.05) is 4.90 Å². The minimum atomic E-state index is -3.20. The Morgan fingerprint density at radius 1 is 1.00 bits per heavy atom. The smallest absolute Gasteiger partial charge is 0.387 e. The SMILES string of the molecule is COc1nc(N2CC3CCC(C2)N3)c2cc(F)c(-c3c(OC(F)F)c(C)cc4n[nH]c(C)c34)c(F)c2n1.FC1CC2CCCN2C1. The number of nitrogens with one attached hydrogen (secondary N) is 2. The number of piperazine rings is 1. The summed E-state index contributed by atoms with van der Waals surface area (Å²) in [7, 11) is 1.36. The number of aryl methyl sites for hydroxylation is 2. The highest BCUT2D eigenvalue weighted by Crippen LogP contribution is 2.45. The van der Waals surface area contributed by atoms with Crippen LogP contribution in [0.15, 0.2) is 12.1 Å². The molecular formula is C32H36F5N7O2. The number of alkyl halides is 3. The predicted molar refractivity (Wildman–Crippen MR) is 163 cm³/mol. The summed E-state index contributed by atoms with van der Waals surface area (Å²) in [5, 5.41) is 10.9. The minimum absolute atomic E-state index is 0.0808. The van der Waals surface area contributed by atoms with Crippen LogP contribution in [0.4, 0.5) is 27.8 Å². The topological polar surface area (TPSA) is 91.4 Å². The molecule has 2 N–H and O–H groups in total. The summed E-state index contributed by atoms with van der Waals surface area (Å²) in [4.78, 5) is 12.9. The highest BCUT2D eigenvalue weighted by Gasteiger charge is 2.36. The quantitative estimate of drug-likeness (QED) is 0.263. The number of nitrogens with zero attached hydrogens (tertiary/aromatic N) is 5. The van der Waals surface area contributed by atoms with E-state index in [1.54, 1.807) is 6.92 Å². The number of H-pyrrole nitrogens is 1. The van der Waals surface area contributed by atoms with E-state index >= 15 is 8.78 Å². The molecule has 9 nitrogen and oxygen atoms in total. The molecule has 2 aromatic heterocycles. The van der Waals surface area contributed by atoms with Crippen molar-refractivity contribution in [1.29, 1.82) is 0 Å². The molecule has 4 saturated heterocycles. The van der Waals surface area contributed by atoms with Crippen molar-refractivity contribution in [2.75, 3.05) is 38.2 Å². The Hall–Kier alpha value is -3.78. The molecule has 0 radical (unpaired) electrons. The second kappa shape index (κ2) is 12.1. The summed E-state index contributed by atoms with van der Waals surface area (Å²) >= 11 is 0. The highest BCUT2D eigenvalue weighted by atomic mass is 19.3. The summed E-state index contributed by atoms with van der Waals surface area (Å²) in [5.74, 6) is -1.95. The first-order valence-corrected chi connectivity index (χ1v) is 15.7. The zero-order chi connectivity index (χ0) is 32.3. The number of hydrogen-bond acceptors (Lipinski definition) is 8. The molecule has 46 heavy (non-hydrogen) atoms. The maximum Gasteiger partial charge on any atom is 0.387 e. The largest absolute Gasteiger partial charge is 0.467 e. The molecule has 4 aliphatic heterocycles. The molecule has 4 atom stereocenters. The Morgan fingerprint density at radius 2 is 1.76 bits per heavy atom. The number of aromatic amines is 1. The van der Waals surface area contributed by atoms with Crippen LogP contribution >= 0.6 is 0 Å². The number of hydrogen-bond donors (Lipinski definition) is 2. The summed E-state index contributed by atoms with van der Waals surface area (Å²) in [6.07, 6.45) is 4.83. The summed E-state index contributed by atoms with van der Waals surface area (Å²) in [6, 6.07) is 3.72. The van der Waals surface area contributed by atoms with Gasteiger partial charge < -0.3 is 19.7 Å². The molecule has 0 aliphatic carbocycles. The fraction of sp³-hybridized carbons (Fsp3) is 0.531. The zero-order valence-corrected chi connectivity index (χ0v) is 25.8. The van der Waals surface area contributed by atoms with Crippen LogP contribution in [0.25, 0.3) is 32.9 Å². The van der Waals surface area contributed by atoms with E-state index in [0.717, 1.165) is 31.9 Å². The Kier molecular flexibility index (Phi) is 8.12. The average molecular weight is 646 g/mol. The normalized spacial score (nSPS) is 24.2. The third-order valence-corrected chi connectivity index (χ3v) is 9.62. The molecule has 8 rings (SSSR count). The van der Waals surface area contributed by atoms with E-state index in [9.17, 15) is 13.2 Å². The molecule has 2 bridgehead atoms. The van der Waals surface area contributed by atoms with Crippen LogP contribution in [-0.4, -0.2) is 89.3 Å². The van der Waals surface area contributed by atoms with Crippen molar-refractivity contribution in [3.05, 3.63) is 35.0 Å². The maximum absolute atomic E-state index is 16.4. The Labute approximate surface area is 262 Å². The van der Waals surface area contributed by atoms with Crippen molar-refractivity contribution >= 4 is 27.6 Å². The van der Waals surface area contributed by atoms with E-state index in [2.05, 4.69) is 30.4 Å². The standard InChI is InChI=1S/C25H24F4N6O2.C7H12FN/c1-10-6-16-17(11(2)33-34-16)19(22(10)37-24(28)29)18-15(26)7-14-21(20(18)27)31-25(36-3)32-23(14)35-8-12-4-5-13(9-35)30-12;8-6-4-7-2-1-3-9(7)5-6/h6-7,12-13,24,30H,4-5,8-9H2,1-3H3,(H,33,34);6-7H,1-5H2. The minimum Gasteiger partial charge on any atom is -0.467 e. The Balaban J connectivity index is 0.000000321.